The van der Waals surface area contributed by atoms with Gasteiger partial charge in [0.2, 0.25) is 10.0 Å². The molecule has 1 saturated heterocycles. The Bertz CT molecular complexity index is 1010. The summed E-state index contributed by atoms with van der Waals surface area (Å²) in [6, 6.07) is 8.11. The minimum absolute atomic E-state index is 0.258. The second-order valence-electron chi connectivity index (χ2n) is 6.51. The molecule has 0 radical (unpaired) electrons. The maximum atomic E-state index is 12.8. The molecule has 0 N–H and O–H groups in total. The van der Waals surface area contributed by atoms with Gasteiger partial charge in [0.05, 0.1) is 10.6 Å². The minimum Gasteiger partial charge on any atom is -0.265 e. The number of hydrogen-bond acceptors (Lipinski definition) is 5. The van der Waals surface area contributed by atoms with Crippen LogP contribution in [0.25, 0.3) is 0 Å². The highest BCUT2D eigenvalue weighted by atomic mass is 32.2. The predicted octanol–water partition coefficient (Wildman–Crippen LogP) is 2.67. The zero-order chi connectivity index (χ0) is 18.4. The van der Waals surface area contributed by atoms with Crippen molar-refractivity contribution in [3.63, 3.8) is 0 Å². The number of anilines is 1. The van der Waals surface area contributed by atoms with E-state index >= 15 is 0 Å². The maximum absolute atomic E-state index is 12.8. The molecule has 0 bridgehead atoms. The summed E-state index contributed by atoms with van der Waals surface area (Å²) >= 11 is 1.19. The standard InChI is InChI=1S/C17H20N2O4S3/c20-25(21,18-9-2-1-3-10-18)15-6-7-16-14(13-15)8-11-19(16)26(22,23)17-5-4-12-24-17/h4-7,12-13H,1-3,8-11H2. The van der Waals surface area contributed by atoms with Crippen LogP contribution in [0.3, 0.4) is 0 Å². The van der Waals surface area contributed by atoms with Crippen LogP contribution in [-0.4, -0.2) is 40.8 Å². The van der Waals surface area contributed by atoms with Gasteiger partial charge >= 0.3 is 0 Å². The van der Waals surface area contributed by atoms with Gasteiger partial charge < -0.3 is 0 Å². The Morgan fingerprint density at radius 3 is 2.35 bits per heavy atom. The molecule has 0 aliphatic carbocycles. The van der Waals surface area contributed by atoms with Gasteiger partial charge in [0.1, 0.15) is 4.21 Å². The Kier molecular flexibility index (Phi) is 4.58. The van der Waals surface area contributed by atoms with Crippen molar-refractivity contribution in [3.05, 3.63) is 41.3 Å². The van der Waals surface area contributed by atoms with Gasteiger partial charge in [-0.2, -0.15) is 4.31 Å². The van der Waals surface area contributed by atoms with E-state index in [2.05, 4.69) is 0 Å². The highest BCUT2D eigenvalue weighted by Crippen LogP contribution is 2.36. The number of thiophene rings is 1. The number of fused-ring (bicyclic) bond motifs is 1. The summed E-state index contributed by atoms with van der Waals surface area (Å²) in [6.07, 6.45) is 3.35. The highest BCUT2D eigenvalue weighted by molar-refractivity contribution is 7.94. The number of sulfonamides is 2. The highest BCUT2D eigenvalue weighted by Gasteiger charge is 2.33. The molecule has 0 spiro atoms. The summed E-state index contributed by atoms with van der Waals surface area (Å²) < 4.78 is 54.5. The fourth-order valence-electron chi connectivity index (χ4n) is 3.53. The van der Waals surface area contributed by atoms with Crippen molar-refractivity contribution in [1.29, 1.82) is 0 Å². The van der Waals surface area contributed by atoms with E-state index in [4.69, 9.17) is 0 Å². The number of piperidine rings is 1. The summed E-state index contributed by atoms with van der Waals surface area (Å²) in [7, 11) is -7.10. The van der Waals surface area contributed by atoms with Crippen molar-refractivity contribution in [2.75, 3.05) is 23.9 Å². The lowest BCUT2D eigenvalue weighted by atomic mass is 10.2. The molecule has 3 heterocycles. The summed E-state index contributed by atoms with van der Waals surface area (Å²) in [5.41, 5.74) is 1.35. The first-order valence-electron chi connectivity index (χ1n) is 8.60. The SMILES string of the molecule is O=S(=O)(c1ccc2c(c1)CCN2S(=O)(=O)c1cccs1)N1CCCCC1. The van der Waals surface area contributed by atoms with Crippen molar-refractivity contribution >= 4 is 37.1 Å². The Balaban J connectivity index is 1.67. The second kappa shape index (κ2) is 6.63. The van der Waals surface area contributed by atoms with E-state index in [1.807, 2.05) is 0 Å². The molecule has 4 rings (SSSR count). The van der Waals surface area contributed by atoms with Crippen molar-refractivity contribution < 1.29 is 16.8 Å². The van der Waals surface area contributed by atoms with Crippen LogP contribution >= 0.6 is 11.3 Å². The van der Waals surface area contributed by atoms with E-state index in [9.17, 15) is 16.8 Å². The molecule has 6 nitrogen and oxygen atoms in total. The van der Waals surface area contributed by atoms with Gasteiger partial charge in [0.25, 0.3) is 10.0 Å². The molecule has 2 aromatic rings. The van der Waals surface area contributed by atoms with Gasteiger partial charge in [-0.15, -0.1) is 11.3 Å². The van der Waals surface area contributed by atoms with E-state index in [-0.39, 0.29) is 4.90 Å². The molecular weight excluding hydrogens is 392 g/mol. The summed E-state index contributed by atoms with van der Waals surface area (Å²) in [4.78, 5) is 0.258. The molecule has 2 aliphatic heterocycles. The average molecular weight is 413 g/mol. The van der Waals surface area contributed by atoms with E-state index in [0.717, 1.165) is 24.8 Å². The molecule has 9 heteroatoms. The molecule has 0 amide bonds. The fraction of sp³-hybridized carbons (Fsp3) is 0.412. The van der Waals surface area contributed by atoms with Crippen molar-refractivity contribution in [2.45, 2.75) is 34.8 Å². The zero-order valence-electron chi connectivity index (χ0n) is 14.2. The van der Waals surface area contributed by atoms with Crippen molar-refractivity contribution in [3.8, 4) is 0 Å². The van der Waals surface area contributed by atoms with Crippen LogP contribution in [0.5, 0.6) is 0 Å². The zero-order valence-corrected chi connectivity index (χ0v) is 16.6. The van der Waals surface area contributed by atoms with Crippen LogP contribution in [0, 0.1) is 0 Å². The van der Waals surface area contributed by atoms with E-state index in [1.165, 1.54) is 26.0 Å². The minimum atomic E-state index is -3.59. The van der Waals surface area contributed by atoms with Crippen LogP contribution in [-0.2, 0) is 26.5 Å². The maximum Gasteiger partial charge on any atom is 0.273 e. The molecule has 1 fully saturated rings. The largest absolute Gasteiger partial charge is 0.273 e. The second-order valence-corrected chi connectivity index (χ2v) is 11.5. The number of nitrogens with zero attached hydrogens (tertiary/aromatic N) is 2. The molecule has 2 aliphatic rings. The third kappa shape index (κ3) is 2.96. The molecule has 0 saturated carbocycles. The van der Waals surface area contributed by atoms with Crippen LogP contribution in [0.1, 0.15) is 24.8 Å². The Hall–Kier alpha value is -1.42. The third-order valence-electron chi connectivity index (χ3n) is 4.90. The van der Waals surface area contributed by atoms with Crippen LogP contribution in [0.15, 0.2) is 44.8 Å². The Morgan fingerprint density at radius 2 is 1.65 bits per heavy atom. The molecule has 1 aromatic carbocycles. The smallest absolute Gasteiger partial charge is 0.265 e. The van der Waals surface area contributed by atoms with Crippen molar-refractivity contribution in [1.82, 2.24) is 4.31 Å². The first kappa shape index (κ1) is 18.0. The van der Waals surface area contributed by atoms with E-state index in [0.29, 0.717) is 36.0 Å². The topological polar surface area (TPSA) is 74.8 Å². The summed E-state index contributed by atoms with van der Waals surface area (Å²) in [5, 5.41) is 1.73. The summed E-state index contributed by atoms with van der Waals surface area (Å²) in [5.74, 6) is 0. The van der Waals surface area contributed by atoms with Gasteiger partial charge in [-0.25, -0.2) is 16.8 Å². The van der Waals surface area contributed by atoms with Gasteiger partial charge in [-0.1, -0.05) is 12.5 Å². The van der Waals surface area contributed by atoms with Gasteiger partial charge in [-0.05, 0) is 54.5 Å². The quantitative estimate of drug-likeness (QED) is 0.774. The van der Waals surface area contributed by atoms with E-state index < -0.39 is 20.0 Å². The Labute approximate surface area is 158 Å². The van der Waals surface area contributed by atoms with Crippen LogP contribution in [0.2, 0.25) is 0 Å². The lowest BCUT2D eigenvalue weighted by Gasteiger charge is -2.26. The normalized spacial score (nSPS) is 18.8. The molecule has 0 atom stereocenters. The number of benzene rings is 1. The van der Waals surface area contributed by atoms with Crippen LogP contribution < -0.4 is 4.31 Å². The molecule has 1 aromatic heterocycles. The number of hydrogen-bond donors (Lipinski definition) is 0. The first-order valence-corrected chi connectivity index (χ1v) is 12.4. The van der Waals surface area contributed by atoms with Crippen molar-refractivity contribution in [2.24, 2.45) is 0 Å². The van der Waals surface area contributed by atoms with E-state index in [1.54, 1.807) is 29.6 Å². The van der Waals surface area contributed by atoms with Gasteiger partial charge in [0.15, 0.2) is 0 Å². The third-order valence-corrected chi connectivity index (χ3v) is 9.98. The lowest BCUT2D eigenvalue weighted by molar-refractivity contribution is 0.346. The van der Waals surface area contributed by atoms with Gasteiger partial charge in [0, 0.05) is 19.6 Å². The molecule has 140 valence electrons. The first-order chi connectivity index (χ1) is 12.4. The fourth-order valence-corrected chi connectivity index (χ4v) is 7.71. The molecule has 26 heavy (non-hydrogen) atoms. The van der Waals surface area contributed by atoms with Gasteiger partial charge in [-0.3, -0.25) is 4.31 Å². The number of rotatable bonds is 4. The summed E-state index contributed by atoms with van der Waals surface area (Å²) in [6.45, 7) is 1.44. The predicted molar refractivity (Wildman–Crippen MR) is 102 cm³/mol. The molecule has 0 unspecified atom stereocenters. The van der Waals surface area contributed by atoms with Crippen LogP contribution in [0.4, 0.5) is 5.69 Å². The average Bonchev–Trinajstić information content (AvgIpc) is 3.32. The molecular formula is C17H20N2O4S3. The Morgan fingerprint density at radius 1 is 0.885 bits per heavy atom. The lowest BCUT2D eigenvalue weighted by Crippen LogP contribution is -2.35. The monoisotopic (exact) mass is 412 g/mol.